The van der Waals surface area contributed by atoms with E-state index in [1.807, 2.05) is 0 Å². The monoisotopic (exact) mass is 174 g/mol. The fourth-order valence-electron chi connectivity index (χ4n) is 2.16. The van der Waals surface area contributed by atoms with Crippen LogP contribution in [0.5, 0.6) is 0 Å². The Kier molecular flexibility index (Phi) is 1.56. The zero-order valence-corrected chi connectivity index (χ0v) is 7.74. The summed E-state index contributed by atoms with van der Waals surface area (Å²) < 4.78 is 0. The van der Waals surface area contributed by atoms with Crippen LogP contribution in [-0.2, 0) is 6.42 Å². The quantitative estimate of drug-likeness (QED) is 0.639. The normalized spacial score (nSPS) is 21.4. The third kappa shape index (κ3) is 1.05. The molecule has 0 N–H and O–H groups in total. The maximum Gasteiger partial charge on any atom is 0.0554 e. The van der Waals surface area contributed by atoms with Gasteiger partial charge in [-0.1, -0.05) is 18.2 Å². The lowest BCUT2D eigenvalue weighted by Gasteiger charge is -2.40. The molecule has 0 aliphatic carbocycles. The Balaban J connectivity index is 1.93. The molecule has 68 valence electrons. The Morgan fingerprint density at radius 1 is 1.00 bits per heavy atom. The number of rotatable bonds is 1. The first-order chi connectivity index (χ1) is 6.45. The summed E-state index contributed by atoms with van der Waals surface area (Å²) in [5.74, 6) is 0. The molecular weight excluding hydrogens is 160 g/mol. The van der Waals surface area contributed by atoms with E-state index in [2.05, 4.69) is 34.3 Å². The summed E-state index contributed by atoms with van der Waals surface area (Å²) in [5.41, 5.74) is 2.94. The highest BCUT2D eigenvalue weighted by Gasteiger charge is 2.27. The molecule has 0 saturated carbocycles. The Morgan fingerprint density at radius 3 is 2.62 bits per heavy atom. The van der Waals surface area contributed by atoms with E-state index >= 15 is 0 Å². The number of benzene rings is 1. The van der Waals surface area contributed by atoms with E-state index < -0.39 is 0 Å². The largest absolute Gasteiger partial charge is 0.305 e. The van der Waals surface area contributed by atoms with Crippen LogP contribution in [-0.4, -0.2) is 24.6 Å². The Hall–Kier alpha value is -1.02. The molecule has 2 heteroatoms. The lowest BCUT2D eigenvalue weighted by atomic mass is 10.2. The van der Waals surface area contributed by atoms with Crippen molar-refractivity contribution in [3.8, 4) is 0 Å². The van der Waals surface area contributed by atoms with Crippen molar-refractivity contribution in [1.29, 1.82) is 0 Å². The maximum absolute atomic E-state index is 2.45. The second-order valence-corrected chi connectivity index (χ2v) is 3.81. The van der Waals surface area contributed by atoms with Crippen LogP contribution in [0.2, 0.25) is 0 Å². The SMILES string of the molecule is c1ccc2c(c1)CCN2N1CCC1. The van der Waals surface area contributed by atoms with E-state index in [0.717, 1.165) is 0 Å². The second-order valence-electron chi connectivity index (χ2n) is 3.81. The van der Waals surface area contributed by atoms with E-state index in [0.29, 0.717) is 0 Å². The Bertz CT molecular complexity index is 318. The second kappa shape index (κ2) is 2.74. The number of anilines is 1. The molecule has 1 saturated heterocycles. The maximum atomic E-state index is 2.45. The van der Waals surface area contributed by atoms with Gasteiger partial charge in [0.1, 0.15) is 0 Å². The number of hydrogen-bond donors (Lipinski definition) is 0. The van der Waals surface area contributed by atoms with Gasteiger partial charge >= 0.3 is 0 Å². The summed E-state index contributed by atoms with van der Waals surface area (Å²) in [6.45, 7) is 3.67. The molecule has 1 aromatic carbocycles. The summed E-state index contributed by atoms with van der Waals surface area (Å²) in [6, 6.07) is 8.76. The third-order valence-electron chi connectivity index (χ3n) is 3.04. The van der Waals surface area contributed by atoms with Crippen LogP contribution in [0.3, 0.4) is 0 Å². The molecule has 0 amide bonds. The Morgan fingerprint density at radius 2 is 1.85 bits per heavy atom. The number of nitrogens with zero attached hydrogens (tertiary/aromatic N) is 2. The number of hydrazine groups is 1. The van der Waals surface area contributed by atoms with E-state index in [1.54, 1.807) is 0 Å². The van der Waals surface area contributed by atoms with Crippen molar-refractivity contribution < 1.29 is 0 Å². The number of fused-ring (bicyclic) bond motifs is 1. The first-order valence-corrected chi connectivity index (χ1v) is 5.05. The topological polar surface area (TPSA) is 6.48 Å². The standard InChI is InChI=1S/C11H14N2/c1-2-5-11-10(4-1)6-9-13(11)12-7-3-8-12/h1-2,4-5H,3,6-9H2. The molecule has 1 fully saturated rings. The molecule has 1 aromatic rings. The van der Waals surface area contributed by atoms with Crippen molar-refractivity contribution in [2.45, 2.75) is 12.8 Å². The van der Waals surface area contributed by atoms with Gasteiger partial charge < -0.3 is 5.01 Å². The molecule has 0 radical (unpaired) electrons. The number of hydrogen-bond acceptors (Lipinski definition) is 2. The molecule has 0 aromatic heterocycles. The minimum Gasteiger partial charge on any atom is -0.305 e. The average molecular weight is 174 g/mol. The zero-order valence-electron chi connectivity index (χ0n) is 7.74. The molecule has 13 heavy (non-hydrogen) atoms. The van der Waals surface area contributed by atoms with Gasteiger partial charge in [0.15, 0.2) is 0 Å². The van der Waals surface area contributed by atoms with E-state index in [9.17, 15) is 0 Å². The minimum absolute atomic E-state index is 1.18. The fraction of sp³-hybridized carbons (Fsp3) is 0.455. The molecule has 0 bridgehead atoms. The molecule has 2 heterocycles. The molecule has 2 aliphatic rings. The van der Waals surface area contributed by atoms with Crippen LogP contribution in [0.1, 0.15) is 12.0 Å². The van der Waals surface area contributed by atoms with Crippen LogP contribution in [0.25, 0.3) is 0 Å². The molecule has 3 rings (SSSR count). The van der Waals surface area contributed by atoms with Crippen LogP contribution in [0.4, 0.5) is 5.69 Å². The lowest BCUT2D eigenvalue weighted by Crippen LogP contribution is -2.50. The first-order valence-electron chi connectivity index (χ1n) is 5.05. The summed E-state index contributed by atoms with van der Waals surface area (Å²) in [5, 5.41) is 4.89. The Labute approximate surface area is 78.7 Å². The average Bonchev–Trinajstić information content (AvgIpc) is 2.47. The first kappa shape index (κ1) is 7.39. The highest BCUT2D eigenvalue weighted by Crippen LogP contribution is 2.30. The predicted octanol–water partition coefficient (Wildman–Crippen LogP) is 1.67. The molecule has 0 unspecified atom stereocenters. The van der Waals surface area contributed by atoms with Crippen molar-refractivity contribution in [2.75, 3.05) is 24.6 Å². The summed E-state index contributed by atoms with van der Waals surface area (Å²) >= 11 is 0. The molecule has 2 aliphatic heterocycles. The summed E-state index contributed by atoms with van der Waals surface area (Å²) in [4.78, 5) is 0. The van der Waals surface area contributed by atoms with Crippen molar-refractivity contribution in [2.24, 2.45) is 0 Å². The highest BCUT2D eigenvalue weighted by atomic mass is 15.6. The van der Waals surface area contributed by atoms with Gasteiger partial charge in [-0.3, -0.25) is 0 Å². The van der Waals surface area contributed by atoms with Crippen molar-refractivity contribution in [3.63, 3.8) is 0 Å². The van der Waals surface area contributed by atoms with Gasteiger partial charge in [0.2, 0.25) is 0 Å². The molecular formula is C11H14N2. The van der Waals surface area contributed by atoms with Crippen LogP contribution >= 0.6 is 0 Å². The van der Waals surface area contributed by atoms with Crippen molar-refractivity contribution >= 4 is 5.69 Å². The van der Waals surface area contributed by atoms with Crippen molar-refractivity contribution in [3.05, 3.63) is 29.8 Å². The number of para-hydroxylation sites is 1. The van der Waals surface area contributed by atoms with Crippen LogP contribution < -0.4 is 5.01 Å². The minimum atomic E-state index is 1.18. The fourth-order valence-corrected chi connectivity index (χ4v) is 2.16. The summed E-state index contributed by atoms with van der Waals surface area (Å²) in [6.07, 6.45) is 2.57. The lowest BCUT2D eigenvalue weighted by molar-refractivity contribution is 0.165. The van der Waals surface area contributed by atoms with E-state index in [4.69, 9.17) is 0 Å². The van der Waals surface area contributed by atoms with Crippen molar-refractivity contribution in [1.82, 2.24) is 5.01 Å². The van der Waals surface area contributed by atoms with Gasteiger partial charge in [-0.05, 0) is 24.5 Å². The van der Waals surface area contributed by atoms with Crippen LogP contribution in [0, 0.1) is 0 Å². The van der Waals surface area contributed by atoms with Gasteiger partial charge in [0.25, 0.3) is 0 Å². The predicted molar refractivity (Wildman–Crippen MR) is 53.7 cm³/mol. The van der Waals surface area contributed by atoms with Gasteiger partial charge in [0.05, 0.1) is 5.69 Å². The van der Waals surface area contributed by atoms with E-state index in [1.165, 1.54) is 43.7 Å². The van der Waals surface area contributed by atoms with Gasteiger partial charge in [-0.25, -0.2) is 5.01 Å². The van der Waals surface area contributed by atoms with Gasteiger partial charge in [-0.15, -0.1) is 0 Å². The van der Waals surface area contributed by atoms with Gasteiger partial charge in [0, 0.05) is 19.6 Å². The van der Waals surface area contributed by atoms with Gasteiger partial charge in [-0.2, -0.15) is 0 Å². The molecule has 0 atom stereocenters. The molecule has 2 nitrogen and oxygen atoms in total. The van der Waals surface area contributed by atoms with E-state index in [-0.39, 0.29) is 0 Å². The van der Waals surface area contributed by atoms with Crippen LogP contribution in [0.15, 0.2) is 24.3 Å². The smallest absolute Gasteiger partial charge is 0.0554 e. The zero-order chi connectivity index (χ0) is 8.67. The third-order valence-corrected chi connectivity index (χ3v) is 3.04. The summed E-state index contributed by atoms with van der Waals surface area (Å²) in [7, 11) is 0. The highest BCUT2D eigenvalue weighted by molar-refractivity contribution is 5.56. The molecule has 0 spiro atoms.